The molecule has 2 heteroatoms. The minimum atomic E-state index is 0.836. The first kappa shape index (κ1) is 11.1. The van der Waals surface area contributed by atoms with Crippen LogP contribution in [0.5, 0.6) is 0 Å². The Labute approximate surface area is 101 Å². The van der Waals surface area contributed by atoms with Gasteiger partial charge in [-0.3, -0.25) is 0 Å². The Balaban J connectivity index is 2.02. The van der Waals surface area contributed by atoms with Crippen LogP contribution in [0.15, 0.2) is 53.4 Å². The Morgan fingerprint density at radius 3 is 2.62 bits per heavy atom. The van der Waals surface area contributed by atoms with Crippen LogP contribution in [-0.4, -0.2) is 0 Å². The Hall–Kier alpha value is -1.41. The molecule has 0 heterocycles. The van der Waals surface area contributed by atoms with Gasteiger partial charge in [0.25, 0.3) is 0 Å². The normalized spacial score (nSPS) is 10.3. The first-order valence-corrected chi connectivity index (χ1v) is 6.26. The summed E-state index contributed by atoms with van der Waals surface area (Å²) in [5.41, 5.74) is 9.15. The van der Waals surface area contributed by atoms with E-state index >= 15 is 0 Å². The summed E-state index contributed by atoms with van der Waals surface area (Å²) in [7, 11) is 0. The van der Waals surface area contributed by atoms with Gasteiger partial charge in [-0.2, -0.15) is 0 Å². The predicted octanol–water partition coefficient (Wildman–Crippen LogP) is 3.87. The molecule has 16 heavy (non-hydrogen) atoms. The van der Waals surface area contributed by atoms with Crippen LogP contribution >= 0.6 is 11.8 Å². The van der Waals surface area contributed by atoms with Crippen LogP contribution in [0.1, 0.15) is 11.1 Å². The van der Waals surface area contributed by atoms with Crippen LogP contribution in [0.3, 0.4) is 0 Å². The maximum atomic E-state index is 5.74. The van der Waals surface area contributed by atoms with E-state index in [1.807, 2.05) is 30.0 Å². The second-order valence-electron chi connectivity index (χ2n) is 3.85. The van der Waals surface area contributed by atoms with Crippen molar-refractivity contribution in [2.45, 2.75) is 17.6 Å². The lowest BCUT2D eigenvalue weighted by atomic mass is 10.2. The van der Waals surface area contributed by atoms with Crippen molar-refractivity contribution >= 4 is 17.4 Å². The molecule has 0 aromatic heterocycles. The van der Waals surface area contributed by atoms with Gasteiger partial charge in [0.15, 0.2) is 0 Å². The number of nitrogen functional groups attached to an aromatic ring is 1. The second-order valence-corrected chi connectivity index (χ2v) is 4.90. The number of hydrogen-bond donors (Lipinski definition) is 1. The molecule has 0 aliphatic rings. The average molecular weight is 229 g/mol. The number of nitrogens with two attached hydrogens (primary N) is 1. The van der Waals surface area contributed by atoms with Crippen LogP contribution < -0.4 is 5.73 Å². The van der Waals surface area contributed by atoms with E-state index < -0.39 is 0 Å². The van der Waals surface area contributed by atoms with Gasteiger partial charge in [-0.1, -0.05) is 29.8 Å². The van der Waals surface area contributed by atoms with Crippen LogP contribution in [0.25, 0.3) is 0 Å². The van der Waals surface area contributed by atoms with Crippen LogP contribution in [0.4, 0.5) is 5.69 Å². The van der Waals surface area contributed by atoms with E-state index in [1.165, 1.54) is 16.0 Å². The second kappa shape index (κ2) is 5.08. The Morgan fingerprint density at radius 1 is 1.06 bits per heavy atom. The number of anilines is 1. The Morgan fingerprint density at radius 2 is 1.88 bits per heavy atom. The minimum absolute atomic E-state index is 0.836. The van der Waals surface area contributed by atoms with Gasteiger partial charge in [0.05, 0.1) is 0 Å². The fraction of sp³-hybridized carbons (Fsp3) is 0.143. The molecule has 2 rings (SSSR count). The van der Waals surface area contributed by atoms with Crippen molar-refractivity contribution in [1.29, 1.82) is 0 Å². The zero-order valence-corrected chi connectivity index (χ0v) is 10.1. The Bertz CT molecular complexity index is 434. The molecule has 2 N–H and O–H groups in total. The van der Waals surface area contributed by atoms with E-state index in [0.717, 1.165) is 11.4 Å². The zero-order chi connectivity index (χ0) is 11.4. The van der Waals surface area contributed by atoms with Gasteiger partial charge in [-0.15, -0.1) is 11.8 Å². The van der Waals surface area contributed by atoms with Crippen LogP contribution in [0.2, 0.25) is 0 Å². The first-order chi connectivity index (χ1) is 7.74. The molecule has 0 aliphatic heterocycles. The smallest absolute Gasteiger partial charge is 0.0317 e. The highest BCUT2D eigenvalue weighted by Crippen LogP contribution is 2.24. The summed E-state index contributed by atoms with van der Waals surface area (Å²) in [6, 6.07) is 16.6. The largest absolute Gasteiger partial charge is 0.399 e. The monoisotopic (exact) mass is 229 g/mol. The SMILES string of the molecule is Cc1cccc(SCc2cccc(N)c2)c1. The lowest BCUT2D eigenvalue weighted by molar-refractivity contribution is 1.34. The predicted molar refractivity (Wildman–Crippen MR) is 71.6 cm³/mol. The number of hydrogen-bond acceptors (Lipinski definition) is 2. The van der Waals surface area contributed by atoms with E-state index in [1.54, 1.807) is 0 Å². The molecule has 82 valence electrons. The summed E-state index contributed by atoms with van der Waals surface area (Å²) >= 11 is 1.84. The topological polar surface area (TPSA) is 26.0 Å². The highest BCUT2D eigenvalue weighted by Gasteiger charge is 1.97. The van der Waals surface area contributed by atoms with E-state index in [2.05, 4.69) is 37.3 Å². The molecular formula is C14H15NS. The third-order valence-corrected chi connectivity index (χ3v) is 3.41. The van der Waals surface area contributed by atoms with E-state index in [9.17, 15) is 0 Å². The molecule has 1 nitrogen and oxygen atoms in total. The van der Waals surface area contributed by atoms with Gasteiger partial charge in [0.1, 0.15) is 0 Å². The van der Waals surface area contributed by atoms with Gasteiger partial charge in [0, 0.05) is 16.3 Å². The molecule has 0 amide bonds. The molecule has 2 aromatic carbocycles. The summed E-state index contributed by atoms with van der Waals surface area (Å²) < 4.78 is 0. The zero-order valence-electron chi connectivity index (χ0n) is 9.31. The highest BCUT2D eigenvalue weighted by molar-refractivity contribution is 7.98. The molecule has 2 aromatic rings. The van der Waals surface area contributed by atoms with Crippen LogP contribution in [-0.2, 0) is 5.75 Å². The van der Waals surface area contributed by atoms with Gasteiger partial charge in [-0.25, -0.2) is 0 Å². The molecule has 0 bridgehead atoms. The maximum absolute atomic E-state index is 5.74. The minimum Gasteiger partial charge on any atom is -0.399 e. The van der Waals surface area contributed by atoms with Crippen molar-refractivity contribution in [3.8, 4) is 0 Å². The standard InChI is InChI=1S/C14H15NS/c1-11-4-2-7-14(8-11)16-10-12-5-3-6-13(15)9-12/h2-9H,10,15H2,1H3. The van der Waals surface area contributed by atoms with Gasteiger partial charge < -0.3 is 5.73 Å². The van der Waals surface area contributed by atoms with Crippen molar-refractivity contribution in [3.63, 3.8) is 0 Å². The average Bonchev–Trinajstić information content (AvgIpc) is 2.27. The van der Waals surface area contributed by atoms with E-state index in [0.29, 0.717) is 0 Å². The van der Waals surface area contributed by atoms with Crippen molar-refractivity contribution in [2.75, 3.05) is 5.73 Å². The number of aryl methyl sites for hydroxylation is 1. The molecule has 0 aliphatic carbocycles. The molecule has 0 saturated heterocycles. The van der Waals surface area contributed by atoms with Crippen molar-refractivity contribution in [2.24, 2.45) is 0 Å². The quantitative estimate of drug-likeness (QED) is 0.638. The van der Waals surface area contributed by atoms with Crippen molar-refractivity contribution < 1.29 is 0 Å². The molecule has 0 fully saturated rings. The molecule has 0 unspecified atom stereocenters. The van der Waals surface area contributed by atoms with Crippen molar-refractivity contribution in [3.05, 3.63) is 59.7 Å². The fourth-order valence-corrected chi connectivity index (χ4v) is 2.51. The third kappa shape index (κ3) is 3.04. The number of benzene rings is 2. The molecule has 0 atom stereocenters. The van der Waals surface area contributed by atoms with E-state index in [4.69, 9.17) is 5.73 Å². The number of rotatable bonds is 3. The van der Waals surface area contributed by atoms with Gasteiger partial charge in [-0.05, 0) is 36.8 Å². The molecule has 0 saturated carbocycles. The molecular weight excluding hydrogens is 214 g/mol. The highest BCUT2D eigenvalue weighted by atomic mass is 32.2. The molecule has 0 spiro atoms. The van der Waals surface area contributed by atoms with Gasteiger partial charge >= 0.3 is 0 Å². The summed E-state index contributed by atoms with van der Waals surface area (Å²) in [6.45, 7) is 2.12. The summed E-state index contributed by atoms with van der Waals surface area (Å²) in [5, 5.41) is 0. The van der Waals surface area contributed by atoms with Crippen LogP contribution in [0, 0.1) is 6.92 Å². The maximum Gasteiger partial charge on any atom is 0.0317 e. The van der Waals surface area contributed by atoms with Crippen molar-refractivity contribution in [1.82, 2.24) is 0 Å². The fourth-order valence-electron chi connectivity index (χ4n) is 1.55. The van der Waals surface area contributed by atoms with E-state index in [-0.39, 0.29) is 0 Å². The third-order valence-electron chi connectivity index (χ3n) is 2.35. The lowest BCUT2D eigenvalue weighted by Crippen LogP contribution is -1.86. The molecule has 0 radical (unpaired) electrons. The number of thioether (sulfide) groups is 1. The summed E-state index contributed by atoms with van der Waals surface area (Å²) in [5.74, 6) is 0.967. The first-order valence-electron chi connectivity index (χ1n) is 5.28. The summed E-state index contributed by atoms with van der Waals surface area (Å²) in [4.78, 5) is 1.31. The Kier molecular flexibility index (Phi) is 3.52. The lowest BCUT2D eigenvalue weighted by Gasteiger charge is -2.03. The summed E-state index contributed by atoms with van der Waals surface area (Å²) in [6.07, 6.45) is 0. The van der Waals surface area contributed by atoms with Gasteiger partial charge in [0.2, 0.25) is 0 Å².